The van der Waals surface area contributed by atoms with Crippen LogP contribution in [0.2, 0.25) is 0 Å². The lowest BCUT2D eigenvalue weighted by Crippen LogP contribution is -2.34. The van der Waals surface area contributed by atoms with Crippen molar-refractivity contribution in [3.8, 4) is 5.88 Å². The maximum Gasteiger partial charge on any atom is 0.324 e. The number of carbonyl (C=O) groups excluding carboxylic acids is 1. The molecule has 0 radical (unpaired) electrons. The Bertz CT molecular complexity index is 983. The third-order valence-corrected chi connectivity index (χ3v) is 7.31. The number of aromatic nitrogens is 3. The summed E-state index contributed by atoms with van der Waals surface area (Å²) < 4.78 is 34.0. The number of nitrogens with zero attached hydrogens (tertiary/aromatic N) is 4. The van der Waals surface area contributed by atoms with E-state index in [4.69, 9.17) is 9.26 Å². The van der Waals surface area contributed by atoms with E-state index in [-0.39, 0.29) is 4.90 Å². The van der Waals surface area contributed by atoms with Gasteiger partial charge in [0.05, 0.1) is 11.5 Å². The molecule has 0 spiro atoms. The number of pyridine rings is 1. The van der Waals surface area contributed by atoms with Gasteiger partial charge in [0, 0.05) is 44.5 Å². The molecule has 2 fully saturated rings. The molecule has 3 heterocycles. The molecule has 2 aromatic heterocycles. The molecule has 1 aliphatic carbocycles. The van der Waals surface area contributed by atoms with Crippen molar-refractivity contribution in [3.05, 3.63) is 24.2 Å². The van der Waals surface area contributed by atoms with Gasteiger partial charge >= 0.3 is 6.01 Å². The topological polar surface area (TPSA) is 115 Å². The number of sulfone groups is 1. The molecule has 2 unspecified atom stereocenters. The van der Waals surface area contributed by atoms with E-state index >= 15 is 0 Å². The highest BCUT2D eigenvalue weighted by molar-refractivity contribution is 7.90. The first-order valence-corrected chi connectivity index (χ1v) is 12.6. The molecule has 0 N–H and O–H groups in total. The maximum atomic E-state index is 11.5. The van der Waals surface area contributed by atoms with Gasteiger partial charge in [-0.25, -0.2) is 13.4 Å². The molecule has 1 aliphatic heterocycles. The maximum absolute atomic E-state index is 11.5. The Balaban J connectivity index is 1.16. The molecular weight excluding hydrogens is 420 g/mol. The number of hydrogen-bond acceptors (Lipinski definition) is 9. The Morgan fingerprint density at radius 1 is 1.29 bits per heavy atom. The van der Waals surface area contributed by atoms with Crippen molar-refractivity contribution in [2.24, 2.45) is 17.8 Å². The number of rotatable bonds is 10. The highest BCUT2D eigenvalue weighted by Crippen LogP contribution is 2.49. The average Bonchev–Trinajstić information content (AvgIpc) is 3.38. The monoisotopic (exact) mass is 448 g/mol. The Kier molecular flexibility index (Phi) is 6.54. The summed E-state index contributed by atoms with van der Waals surface area (Å²) in [6.45, 7) is 2.42. The van der Waals surface area contributed by atoms with E-state index in [9.17, 15) is 13.2 Å². The summed E-state index contributed by atoms with van der Waals surface area (Å²) in [5, 5.41) is 3.95. The lowest BCUT2D eigenvalue weighted by molar-refractivity contribution is -0.107. The van der Waals surface area contributed by atoms with Crippen LogP contribution in [-0.4, -0.2) is 55.8 Å². The fraction of sp³-hybridized carbons (Fsp3) is 0.619. The molecule has 4 rings (SSSR count). The van der Waals surface area contributed by atoms with Crippen LogP contribution in [0.4, 0.5) is 6.01 Å². The first kappa shape index (κ1) is 21.7. The van der Waals surface area contributed by atoms with Crippen LogP contribution in [0, 0.1) is 17.8 Å². The zero-order valence-electron chi connectivity index (χ0n) is 17.6. The van der Waals surface area contributed by atoms with Gasteiger partial charge in [-0.05, 0) is 49.5 Å². The van der Waals surface area contributed by atoms with Gasteiger partial charge in [0.1, 0.15) is 6.29 Å². The summed E-state index contributed by atoms with van der Waals surface area (Å²) in [6, 6.07) is 3.70. The number of hydrogen-bond donors (Lipinski definition) is 0. The first-order chi connectivity index (χ1) is 14.9. The number of ether oxygens (including phenoxy) is 1. The van der Waals surface area contributed by atoms with Crippen LogP contribution in [-0.2, 0) is 21.1 Å². The molecule has 9 nitrogen and oxygen atoms in total. The van der Waals surface area contributed by atoms with Gasteiger partial charge in [-0.15, -0.1) is 0 Å². The van der Waals surface area contributed by atoms with E-state index in [1.807, 2.05) is 0 Å². The van der Waals surface area contributed by atoms with E-state index in [1.165, 1.54) is 18.7 Å². The predicted molar refractivity (Wildman–Crippen MR) is 113 cm³/mol. The molecule has 2 atom stereocenters. The second-order valence-corrected chi connectivity index (χ2v) is 10.4. The molecule has 1 saturated carbocycles. The zero-order chi connectivity index (χ0) is 21.8. The first-order valence-electron chi connectivity index (χ1n) is 10.7. The molecule has 0 bridgehead atoms. The minimum absolute atomic E-state index is 0.200. The van der Waals surface area contributed by atoms with Gasteiger partial charge in [-0.2, -0.15) is 4.98 Å². The average molecular weight is 449 g/mol. The fourth-order valence-corrected chi connectivity index (χ4v) is 4.91. The summed E-state index contributed by atoms with van der Waals surface area (Å²) in [7, 11) is -3.24. The number of carbonyl (C=O) groups is 1. The Morgan fingerprint density at radius 3 is 2.77 bits per heavy atom. The molecule has 0 amide bonds. The minimum atomic E-state index is -3.24. The van der Waals surface area contributed by atoms with E-state index in [1.54, 1.807) is 6.07 Å². The van der Waals surface area contributed by atoms with Gasteiger partial charge in [-0.3, -0.25) is 0 Å². The number of anilines is 1. The van der Waals surface area contributed by atoms with Gasteiger partial charge in [0.2, 0.25) is 5.88 Å². The van der Waals surface area contributed by atoms with Crippen LogP contribution in [0.15, 0.2) is 27.7 Å². The third kappa shape index (κ3) is 5.61. The van der Waals surface area contributed by atoms with Crippen molar-refractivity contribution in [2.45, 2.75) is 43.4 Å². The third-order valence-electron chi connectivity index (χ3n) is 6.21. The molecular formula is C21H28N4O5S. The normalized spacial score (nSPS) is 21.8. The van der Waals surface area contributed by atoms with Gasteiger partial charge in [0.15, 0.2) is 15.7 Å². The molecule has 31 heavy (non-hydrogen) atoms. The molecule has 168 valence electrons. The zero-order valence-corrected chi connectivity index (χ0v) is 18.5. The highest BCUT2D eigenvalue weighted by atomic mass is 32.2. The molecule has 1 saturated heterocycles. The Morgan fingerprint density at radius 2 is 2.10 bits per heavy atom. The quantitative estimate of drug-likeness (QED) is 0.505. The van der Waals surface area contributed by atoms with Crippen LogP contribution < -0.4 is 9.64 Å². The van der Waals surface area contributed by atoms with Gasteiger partial charge < -0.3 is 19.0 Å². The van der Waals surface area contributed by atoms with Crippen molar-refractivity contribution in [1.29, 1.82) is 0 Å². The SMILES string of the molecule is CS(=O)(=O)c1ccc(OCCC2CC2C2CCN(c3nc(CCC=O)no3)CC2)nc1. The van der Waals surface area contributed by atoms with Gasteiger partial charge in [-0.1, -0.05) is 5.16 Å². The summed E-state index contributed by atoms with van der Waals surface area (Å²) in [5.41, 5.74) is 0. The number of aryl methyl sites for hydroxylation is 1. The molecule has 10 heteroatoms. The molecule has 2 aromatic rings. The predicted octanol–water partition coefficient (Wildman–Crippen LogP) is 2.32. The van der Waals surface area contributed by atoms with E-state index in [0.29, 0.717) is 49.0 Å². The molecule has 0 aromatic carbocycles. The standard InChI is InChI=1S/C21H28N4O5S/c1-31(27,28)17-4-5-20(22-14-17)29-12-8-16-13-18(16)15-6-9-25(10-7-15)21-23-19(24-30-21)3-2-11-26/h4-5,11,14-16,18H,2-3,6-10,12-13H2,1H3. The highest BCUT2D eigenvalue weighted by Gasteiger charge is 2.43. The Labute approximate surface area is 182 Å². The van der Waals surface area contributed by atoms with Crippen LogP contribution in [0.25, 0.3) is 0 Å². The van der Waals surface area contributed by atoms with Crippen molar-refractivity contribution >= 4 is 22.1 Å². The minimum Gasteiger partial charge on any atom is -0.478 e. The Hall–Kier alpha value is -2.49. The number of aldehydes is 1. The lowest BCUT2D eigenvalue weighted by Gasteiger charge is -2.30. The number of piperidine rings is 1. The smallest absolute Gasteiger partial charge is 0.324 e. The van der Waals surface area contributed by atoms with E-state index in [2.05, 4.69) is 20.0 Å². The van der Waals surface area contributed by atoms with Crippen molar-refractivity contribution in [1.82, 2.24) is 15.1 Å². The van der Waals surface area contributed by atoms with Crippen molar-refractivity contribution < 1.29 is 22.5 Å². The van der Waals surface area contributed by atoms with E-state index < -0.39 is 9.84 Å². The van der Waals surface area contributed by atoms with Crippen LogP contribution in [0.1, 0.15) is 37.9 Å². The van der Waals surface area contributed by atoms with Crippen LogP contribution in [0.5, 0.6) is 5.88 Å². The second-order valence-electron chi connectivity index (χ2n) is 8.42. The summed E-state index contributed by atoms with van der Waals surface area (Å²) in [5.74, 6) is 3.20. The van der Waals surface area contributed by atoms with Crippen LogP contribution >= 0.6 is 0 Å². The van der Waals surface area contributed by atoms with Gasteiger partial charge in [0.25, 0.3) is 0 Å². The fourth-order valence-electron chi connectivity index (χ4n) is 4.35. The van der Waals surface area contributed by atoms with E-state index in [0.717, 1.165) is 50.8 Å². The summed E-state index contributed by atoms with van der Waals surface area (Å²) >= 11 is 0. The summed E-state index contributed by atoms with van der Waals surface area (Å²) in [4.78, 5) is 21.3. The largest absolute Gasteiger partial charge is 0.478 e. The van der Waals surface area contributed by atoms with Crippen LogP contribution in [0.3, 0.4) is 0 Å². The van der Waals surface area contributed by atoms with Crippen molar-refractivity contribution in [3.63, 3.8) is 0 Å². The molecule has 2 aliphatic rings. The summed E-state index contributed by atoms with van der Waals surface area (Å²) in [6.07, 6.45) is 8.76. The second kappa shape index (κ2) is 9.33. The lowest BCUT2D eigenvalue weighted by atomic mass is 9.91. The van der Waals surface area contributed by atoms with Crippen molar-refractivity contribution in [2.75, 3.05) is 30.9 Å².